The maximum atomic E-state index is 11.9. The Labute approximate surface area is 128 Å². The normalized spacial score (nSPS) is 15.6. The van der Waals surface area contributed by atoms with Crippen LogP contribution in [0.5, 0.6) is 0 Å². The average molecular weight is 297 g/mol. The van der Waals surface area contributed by atoms with E-state index in [0.29, 0.717) is 17.7 Å². The predicted molar refractivity (Wildman–Crippen MR) is 81.0 cm³/mol. The Kier molecular flexibility index (Phi) is 4.42. The molecule has 0 spiro atoms. The molecule has 0 saturated carbocycles. The Morgan fingerprint density at radius 3 is 2.50 bits per heavy atom. The molecule has 2 rings (SSSR count). The lowest BCUT2D eigenvalue weighted by atomic mass is 10.2. The highest BCUT2D eigenvalue weighted by Gasteiger charge is 2.33. The quantitative estimate of drug-likeness (QED) is 0.369. The summed E-state index contributed by atoms with van der Waals surface area (Å²) in [5, 5.41) is 0. The van der Waals surface area contributed by atoms with E-state index < -0.39 is 18.0 Å². The molecular weight excluding hydrogens is 282 g/mol. The van der Waals surface area contributed by atoms with Crippen molar-refractivity contribution in [1.29, 1.82) is 0 Å². The van der Waals surface area contributed by atoms with Crippen LogP contribution in [0.25, 0.3) is 0 Å². The second-order valence-electron chi connectivity index (χ2n) is 4.83. The predicted octanol–water partition coefficient (Wildman–Crippen LogP) is 2.07. The number of esters is 1. The van der Waals surface area contributed by atoms with Crippen LogP contribution in [0.1, 0.15) is 30.1 Å². The minimum atomic E-state index is -0.572. The second kappa shape index (κ2) is 6.27. The molecule has 0 aliphatic carbocycles. The number of imide groups is 1. The van der Waals surface area contributed by atoms with Gasteiger partial charge >= 0.3 is 5.97 Å². The molecule has 5 heteroatoms. The summed E-state index contributed by atoms with van der Waals surface area (Å²) in [5.74, 6) is 1.09. The fourth-order valence-electron chi connectivity index (χ4n) is 2.05. The Morgan fingerprint density at radius 2 is 2.05 bits per heavy atom. The molecule has 1 fully saturated rings. The number of ether oxygens (including phenoxy) is 1. The van der Waals surface area contributed by atoms with Crippen LogP contribution in [0.4, 0.5) is 5.69 Å². The number of hydrogen-bond donors (Lipinski definition) is 0. The van der Waals surface area contributed by atoms with Gasteiger partial charge in [-0.1, -0.05) is 19.4 Å². The van der Waals surface area contributed by atoms with E-state index in [1.165, 1.54) is 24.3 Å². The zero-order valence-electron chi connectivity index (χ0n) is 12.2. The van der Waals surface area contributed by atoms with Gasteiger partial charge in [-0.15, -0.1) is 6.42 Å². The lowest BCUT2D eigenvalue weighted by Crippen LogP contribution is -2.28. The summed E-state index contributed by atoms with van der Waals surface area (Å²) in [7, 11) is 0. The van der Waals surface area contributed by atoms with E-state index in [1.807, 2.05) is 6.92 Å². The lowest BCUT2D eigenvalue weighted by Gasteiger charge is -2.14. The molecule has 1 aromatic rings. The molecule has 0 aromatic heterocycles. The minimum Gasteiger partial charge on any atom is -0.446 e. The summed E-state index contributed by atoms with van der Waals surface area (Å²) in [6.45, 7) is 5.37. The number of nitrogens with zero attached hydrogens (tertiary/aromatic N) is 1. The molecule has 0 bridgehead atoms. The van der Waals surface area contributed by atoms with Crippen molar-refractivity contribution < 1.29 is 19.1 Å². The molecule has 22 heavy (non-hydrogen) atoms. The molecule has 5 nitrogen and oxygen atoms in total. The van der Waals surface area contributed by atoms with Gasteiger partial charge in [0.05, 0.1) is 17.7 Å². The number of carbonyl (C=O) groups is 3. The number of hydrogen-bond acceptors (Lipinski definition) is 4. The summed E-state index contributed by atoms with van der Waals surface area (Å²) in [4.78, 5) is 36.6. The number of anilines is 1. The van der Waals surface area contributed by atoms with Crippen LogP contribution in [0.3, 0.4) is 0 Å². The van der Waals surface area contributed by atoms with E-state index in [0.717, 1.165) is 4.90 Å². The maximum Gasteiger partial charge on any atom is 0.339 e. The molecule has 0 radical (unpaired) electrons. The van der Waals surface area contributed by atoms with E-state index >= 15 is 0 Å². The highest BCUT2D eigenvalue weighted by molar-refractivity contribution is 6.27. The van der Waals surface area contributed by atoms with E-state index in [-0.39, 0.29) is 17.9 Å². The second-order valence-corrected chi connectivity index (χ2v) is 4.83. The van der Waals surface area contributed by atoms with Crippen molar-refractivity contribution in [3.05, 3.63) is 42.0 Å². The van der Waals surface area contributed by atoms with Crippen molar-refractivity contribution in [1.82, 2.24) is 0 Å². The standard InChI is InChI=1S/C17H15NO4/c1-4-14(5-2)22-17(21)12-6-8-13(9-7-12)18-15(19)10-11(3)16(18)20/h1,6-9,14H,3,5,10H2,2H3. The van der Waals surface area contributed by atoms with Crippen molar-refractivity contribution in [3.8, 4) is 12.3 Å². The van der Waals surface area contributed by atoms with Gasteiger partial charge in [0.25, 0.3) is 5.91 Å². The molecule has 1 aliphatic heterocycles. The van der Waals surface area contributed by atoms with E-state index in [9.17, 15) is 14.4 Å². The minimum absolute atomic E-state index is 0.0168. The van der Waals surface area contributed by atoms with Gasteiger partial charge in [-0.05, 0) is 30.7 Å². The van der Waals surface area contributed by atoms with Crippen molar-refractivity contribution in [2.24, 2.45) is 0 Å². The number of amides is 2. The molecule has 1 unspecified atom stereocenters. The van der Waals surface area contributed by atoms with Crippen LogP contribution in [0.15, 0.2) is 36.4 Å². The average Bonchev–Trinajstić information content (AvgIpc) is 2.77. The third-order valence-electron chi connectivity index (χ3n) is 3.29. The van der Waals surface area contributed by atoms with Crippen LogP contribution in [0, 0.1) is 12.3 Å². The van der Waals surface area contributed by atoms with Gasteiger partial charge in [0, 0.05) is 5.57 Å². The first-order valence-electron chi connectivity index (χ1n) is 6.80. The van der Waals surface area contributed by atoms with Crippen LogP contribution < -0.4 is 4.90 Å². The zero-order chi connectivity index (χ0) is 16.3. The van der Waals surface area contributed by atoms with Crippen LogP contribution >= 0.6 is 0 Å². The highest BCUT2D eigenvalue weighted by Crippen LogP contribution is 2.25. The topological polar surface area (TPSA) is 63.7 Å². The molecule has 1 atom stereocenters. The first-order chi connectivity index (χ1) is 10.5. The molecule has 112 valence electrons. The summed E-state index contributed by atoms with van der Waals surface area (Å²) >= 11 is 0. The van der Waals surface area contributed by atoms with Crippen LogP contribution in [-0.2, 0) is 14.3 Å². The number of benzene rings is 1. The first kappa shape index (κ1) is 15.5. The van der Waals surface area contributed by atoms with Gasteiger partial charge in [-0.2, -0.15) is 0 Å². The van der Waals surface area contributed by atoms with Crippen LogP contribution in [-0.4, -0.2) is 23.9 Å². The van der Waals surface area contributed by atoms with E-state index in [4.69, 9.17) is 11.2 Å². The van der Waals surface area contributed by atoms with Gasteiger partial charge in [-0.3, -0.25) is 9.59 Å². The molecule has 0 N–H and O–H groups in total. The van der Waals surface area contributed by atoms with Gasteiger partial charge < -0.3 is 4.74 Å². The van der Waals surface area contributed by atoms with Gasteiger partial charge in [0.1, 0.15) is 0 Å². The SMILES string of the molecule is C#CC(CC)OC(=O)c1ccc(N2C(=O)CC(=C)C2=O)cc1. The van der Waals surface area contributed by atoms with Crippen LogP contribution in [0.2, 0.25) is 0 Å². The van der Waals surface area contributed by atoms with Crippen molar-refractivity contribution >= 4 is 23.5 Å². The Bertz CT molecular complexity index is 682. The third kappa shape index (κ3) is 2.91. The maximum absolute atomic E-state index is 11.9. The summed E-state index contributed by atoms with van der Waals surface area (Å²) in [6.07, 6.45) is 5.21. The molecule has 2 amide bonds. The largest absolute Gasteiger partial charge is 0.446 e. The van der Waals surface area contributed by atoms with Crippen molar-refractivity contribution in [2.75, 3.05) is 4.90 Å². The van der Waals surface area contributed by atoms with Gasteiger partial charge in [0.2, 0.25) is 5.91 Å². The smallest absolute Gasteiger partial charge is 0.339 e. The molecule has 1 aromatic carbocycles. The molecule has 1 heterocycles. The number of terminal acetylenes is 1. The zero-order valence-corrected chi connectivity index (χ0v) is 12.2. The van der Waals surface area contributed by atoms with Crippen molar-refractivity contribution in [3.63, 3.8) is 0 Å². The van der Waals surface area contributed by atoms with Crippen molar-refractivity contribution in [2.45, 2.75) is 25.9 Å². The lowest BCUT2D eigenvalue weighted by molar-refractivity contribution is -0.120. The van der Waals surface area contributed by atoms with E-state index in [2.05, 4.69) is 12.5 Å². The number of rotatable bonds is 4. The van der Waals surface area contributed by atoms with E-state index in [1.54, 1.807) is 0 Å². The Morgan fingerprint density at radius 1 is 1.41 bits per heavy atom. The fraction of sp³-hybridized carbons (Fsp3) is 0.235. The van der Waals surface area contributed by atoms with Gasteiger partial charge in [-0.25, -0.2) is 9.69 Å². The monoisotopic (exact) mass is 297 g/mol. The Balaban J connectivity index is 2.16. The first-order valence-corrected chi connectivity index (χ1v) is 6.80. The molecule has 1 saturated heterocycles. The Hall–Kier alpha value is -2.87. The fourth-order valence-corrected chi connectivity index (χ4v) is 2.05. The highest BCUT2D eigenvalue weighted by atomic mass is 16.5. The summed E-state index contributed by atoms with van der Waals surface area (Å²) < 4.78 is 5.12. The summed E-state index contributed by atoms with van der Waals surface area (Å²) in [5.41, 5.74) is 0.956. The molecule has 1 aliphatic rings. The molecular formula is C17H15NO4. The van der Waals surface area contributed by atoms with Gasteiger partial charge in [0.15, 0.2) is 6.10 Å². The number of carbonyl (C=O) groups excluding carboxylic acids is 3. The third-order valence-corrected chi connectivity index (χ3v) is 3.29. The summed E-state index contributed by atoms with van der Waals surface area (Å²) in [6, 6.07) is 6.01.